The smallest absolute Gasteiger partial charge is 0.168 e. The Morgan fingerprint density at radius 2 is 0.917 bits per heavy atom. The lowest BCUT2D eigenvalue weighted by atomic mass is 10.0. The van der Waals surface area contributed by atoms with Crippen molar-refractivity contribution in [2.24, 2.45) is 0 Å². The molecular formula is C21H38BFN. The van der Waals surface area contributed by atoms with Gasteiger partial charge in [-0.1, -0.05) is 90.0 Å². The van der Waals surface area contributed by atoms with Gasteiger partial charge in [-0.3, -0.25) is 0 Å². The monoisotopic (exact) mass is 334 g/mol. The highest BCUT2D eigenvalue weighted by molar-refractivity contribution is 5.75. The number of aromatic nitrogens is 1. The van der Waals surface area contributed by atoms with E-state index in [0.717, 1.165) is 0 Å². The number of aryl methyl sites for hydroxylation is 1. The zero-order valence-electron chi connectivity index (χ0n) is 15.9. The van der Waals surface area contributed by atoms with Crippen LogP contribution in [-0.2, 0) is 6.54 Å². The summed E-state index contributed by atoms with van der Waals surface area (Å²) in [5.74, 6) is 0. The summed E-state index contributed by atoms with van der Waals surface area (Å²) in [5, 5.41) is 0. The molecular weight excluding hydrogens is 296 g/mol. The number of hydrogen-bond acceptors (Lipinski definition) is 0. The van der Waals surface area contributed by atoms with Gasteiger partial charge in [0.15, 0.2) is 12.4 Å². The summed E-state index contributed by atoms with van der Waals surface area (Å²) in [6.07, 6.45) is 24.4. The van der Waals surface area contributed by atoms with Crippen molar-refractivity contribution in [2.45, 2.75) is 103 Å². The molecule has 1 nitrogen and oxygen atoms in total. The molecule has 3 heteroatoms. The maximum Gasteiger partial charge on any atom is 0.168 e. The van der Waals surface area contributed by atoms with Crippen molar-refractivity contribution in [1.29, 1.82) is 0 Å². The Morgan fingerprint density at radius 1 is 0.542 bits per heavy atom. The van der Waals surface area contributed by atoms with Crippen LogP contribution in [0.4, 0.5) is 0 Å². The molecule has 0 bridgehead atoms. The Balaban J connectivity index is 0. The van der Waals surface area contributed by atoms with Gasteiger partial charge in [0.2, 0.25) is 0 Å². The first-order chi connectivity index (χ1) is 10.9. The number of rotatable bonds is 15. The molecule has 0 atom stereocenters. The highest BCUT2D eigenvalue weighted by Crippen LogP contribution is 2.12. The molecule has 1 aromatic rings. The molecule has 137 valence electrons. The van der Waals surface area contributed by atoms with Gasteiger partial charge in [0.25, 0.3) is 0 Å². The lowest BCUT2D eigenvalue weighted by Crippen LogP contribution is -3.00. The van der Waals surface area contributed by atoms with Crippen molar-refractivity contribution in [3.8, 4) is 0 Å². The molecule has 1 rings (SSSR count). The highest BCUT2D eigenvalue weighted by atomic mass is 19.0. The van der Waals surface area contributed by atoms with Gasteiger partial charge < -0.3 is 4.70 Å². The zero-order valence-corrected chi connectivity index (χ0v) is 15.9. The van der Waals surface area contributed by atoms with E-state index < -0.39 is 0 Å². The van der Waals surface area contributed by atoms with Gasteiger partial charge in [-0.25, -0.2) is 4.57 Å². The quantitative estimate of drug-likeness (QED) is 0.264. The van der Waals surface area contributed by atoms with Crippen LogP contribution in [0.3, 0.4) is 0 Å². The first-order valence-electron chi connectivity index (χ1n) is 9.87. The summed E-state index contributed by atoms with van der Waals surface area (Å²) < 4.78 is 2.29. The van der Waals surface area contributed by atoms with Crippen LogP contribution in [0.15, 0.2) is 30.6 Å². The summed E-state index contributed by atoms with van der Waals surface area (Å²) in [4.78, 5) is 0. The third-order valence-electron chi connectivity index (χ3n) is 4.55. The summed E-state index contributed by atoms with van der Waals surface area (Å²) in [7, 11) is 0. The molecule has 0 spiro atoms. The number of pyridine rings is 1. The number of nitrogens with zero attached hydrogens (tertiary/aromatic N) is 1. The molecule has 0 saturated carbocycles. The van der Waals surface area contributed by atoms with Crippen LogP contribution in [0.1, 0.15) is 96.8 Å². The first kappa shape index (κ1) is 25.4. The molecule has 1 aromatic heterocycles. The molecule has 0 N–H and O–H groups in total. The molecule has 0 aliphatic rings. The van der Waals surface area contributed by atoms with Crippen molar-refractivity contribution in [3.05, 3.63) is 30.6 Å². The fourth-order valence-electron chi connectivity index (χ4n) is 3.07. The Bertz CT molecular complexity index is 332. The van der Waals surface area contributed by atoms with Gasteiger partial charge in [0.05, 0.1) is 0 Å². The van der Waals surface area contributed by atoms with Crippen LogP contribution in [-0.4, -0.2) is 8.41 Å². The van der Waals surface area contributed by atoms with E-state index in [1.807, 2.05) is 0 Å². The molecule has 0 fully saturated rings. The summed E-state index contributed by atoms with van der Waals surface area (Å²) in [5.41, 5.74) is 0. The van der Waals surface area contributed by atoms with Gasteiger partial charge in [-0.15, -0.1) is 0 Å². The van der Waals surface area contributed by atoms with Crippen molar-refractivity contribution in [3.63, 3.8) is 0 Å². The highest BCUT2D eigenvalue weighted by Gasteiger charge is 1.98. The van der Waals surface area contributed by atoms with E-state index in [2.05, 4.69) is 42.1 Å². The maximum absolute atomic E-state index is 2.29. The fourth-order valence-corrected chi connectivity index (χ4v) is 3.07. The average molecular weight is 334 g/mol. The molecule has 24 heavy (non-hydrogen) atoms. The Kier molecular flexibility index (Phi) is 21.4. The van der Waals surface area contributed by atoms with E-state index in [4.69, 9.17) is 0 Å². The van der Waals surface area contributed by atoms with E-state index in [9.17, 15) is 0 Å². The van der Waals surface area contributed by atoms with Crippen molar-refractivity contribution in [2.75, 3.05) is 0 Å². The minimum Gasteiger partial charge on any atom is -1.00 e. The van der Waals surface area contributed by atoms with E-state index in [0.29, 0.717) is 0 Å². The van der Waals surface area contributed by atoms with E-state index in [-0.39, 0.29) is 13.1 Å². The van der Waals surface area contributed by atoms with Crippen LogP contribution in [0.5, 0.6) is 0 Å². The second-order valence-corrected chi connectivity index (χ2v) is 6.71. The maximum atomic E-state index is 2.29. The third kappa shape index (κ3) is 16.0. The van der Waals surface area contributed by atoms with Gasteiger partial charge in [0.1, 0.15) is 6.54 Å². The second kappa shape index (κ2) is 20.2. The van der Waals surface area contributed by atoms with Gasteiger partial charge in [0, 0.05) is 27.0 Å². The van der Waals surface area contributed by atoms with E-state index >= 15 is 0 Å². The molecule has 3 radical (unpaired) electrons. The normalized spacial score (nSPS) is 10.0. The zero-order chi connectivity index (χ0) is 15.7. The number of halogens is 1. The molecule has 0 aliphatic carbocycles. The van der Waals surface area contributed by atoms with Gasteiger partial charge in [-0.2, -0.15) is 0 Å². The van der Waals surface area contributed by atoms with Crippen molar-refractivity contribution < 1.29 is 9.27 Å². The minimum absolute atomic E-state index is 0. The number of hydrogen-bond donors (Lipinski definition) is 0. The second-order valence-electron chi connectivity index (χ2n) is 6.71. The molecule has 1 heterocycles. The standard InChI is InChI=1S/C21H38N.B.FH/c1-2-3-4-5-6-7-8-9-10-11-12-13-14-16-19-22-20-17-15-18-21-22;;/h15,17-18,20-21H,2-14,16,19H2,1H3;;1H/q+1;;/p-1. The molecule has 0 unspecified atom stereocenters. The Labute approximate surface area is 152 Å². The first-order valence-corrected chi connectivity index (χ1v) is 9.87. The average Bonchev–Trinajstić information content (AvgIpc) is 2.56. The Hall–Kier alpha value is -0.855. The van der Waals surface area contributed by atoms with Crippen LogP contribution in [0.25, 0.3) is 0 Å². The third-order valence-corrected chi connectivity index (χ3v) is 4.55. The molecule has 0 aliphatic heterocycles. The fraction of sp³-hybridized carbons (Fsp3) is 0.762. The number of unbranched alkanes of at least 4 members (excludes halogenated alkanes) is 13. The van der Waals surface area contributed by atoms with Gasteiger partial charge >= 0.3 is 0 Å². The van der Waals surface area contributed by atoms with E-state index in [1.165, 1.54) is 96.4 Å². The SMILES string of the molecule is CCCCCCCCCCCCCCCC[n+]1ccccc1.[B].[F-]. The topological polar surface area (TPSA) is 3.88 Å². The van der Waals surface area contributed by atoms with Crippen LogP contribution >= 0.6 is 0 Å². The van der Waals surface area contributed by atoms with E-state index in [1.54, 1.807) is 0 Å². The minimum atomic E-state index is 0. The summed E-state index contributed by atoms with van der Waals surface area (Å²) in [6.45, 7) is 3.47. The van der Waals surface area contributed by atoms with Crippen LogP contribution in [0, 0.1) is 0 Å². The molecule has 0 aromatic carbocycles. The molecule has 0 saturated heterocycles. The molecule has 0 amide bonds. The van der Waals surface area contributed by atoms with Crippen LogP contribution in [0.2, 0.25) is 0 Å². The summed E-state index contributed by atoms with van der Waals surface area (Å²) in [6, 6.07) is 6.31. The van der Waals surface area contributed by atoms with Crippen molar-refractivity contribution in [1.82, 2.24) is 0 Å². The lowest BCUT2D eigenvalue weighted by Gasteiger charge is -2.02. The van der Waals surface area contributed by atoms with Crippen molar-refractivity contribution >= 4 is 8.41 Å². The predicted octanol–water partition coefficient (Wildman–Crippen LogP) is 3.08. The Morgan fingerprint density at radius 3 is 1.33 bits per heavy atom. The largest absolute Gasteiger partial charge is 1.00 e. The lowest BCUT2D eigenvalue weighted by molar-refractivity contribution is -0.697. The predicted molar refractivity (Wildman–Crippen MR) is 103 cm³/mol. The van der Waals surface area contributed by atoms with Crippen LogP contribution < -0.4 is 9.27 Å². The summed E-state index contributed by atoms with van der Waals surface area (Å²) >= 11 is 0. The van der Waals surface area contributed by atoms with Gasteiger partial charge in [-0.05, 0) is 6.42 Å².